The SMILES string of the molecule is COC(=O)N1CCn2c(-c3ccccc3)nc(C(=O)NC3CCCCC3)c2C1. The van der Waals surface area contributed by atoms with Gasteiger partial charge in [0.15, 0.2) is 5.69 Å². The quantitative estimate of drug-likeness (QED) is 0.884. The molecule has 1 fully saturated rings. The van der Waals surface area contributed by atoms with Crippen molar-refractivity contribution < 1.29 is 14.3 Å². The second kappa shape index (κ2) is 8.04. The zero-order valence-corrected chi connectivity index (χ0v) is 16.2. The number of hydrogen-bond acceptors (Lipinski definition) is 4. The van der Waals surface area contributed by atoms with Crippen molar-refractivity contribution >= 4 is 12.0 Å². The van der Waals surface area contributed by atoms with Crippen molar-refractivity contribution in [1.29, 1.82) is 0 Å². The van der Waals surface area contributed by atoms with Gasteiger partial charge in [-0.1, -0.05) is 49.6 Å². The molecule has 7 heteroatoms. The Balaban J connectivity index is 1.67. The lowest BCUT2D eigenvalue weighted by Crippen LogP contribution is -2.40. The summed E-state index contributed by atoms with van der Waals surface area (Å²) in [4.78, 5) is 31.4. The summed E-state index contributed by atoms with van der Waals surface area (Å²) in [5.41, 5.74) is 2.15. The van der Waals surface area contributed by atoms with E-state index in [1.54, 1.807) is 4.90 Å². The molecule has 0 saturated heterocycles. The Morgan fingerprint density at radius 2 is 1.86 bits per heavy atom. The summed E-state index contributed by atoms with van der Waals surface area (Å²) in [5, 5.41) is 3.16. The van der Waals surface area contributed by atoms with E-state index in [0.717, 1.165) is 42.8 Å². The monoisotopic (exact) mass is 382 g/mol. The summed E-state index contributed by atoms with van der Waals surface area (Å²) in [5.74, 6) is 0.624. The maximum atomic E-state index is 13.1. The van der Waals surface area contributed by atoms with Gasteiger partial charge in [0.05, 0.1) is 19.3 Å². The molecule has 0 bridgehead atoms. The molecule has 1 N–H and O–H groups in total. The topological polar surface area (TPSA) is 76.5 Å². The average Bonchev–Trinajstić information content (AvgIpc) is 3.13. The highest BCUT2D eigenvalue weighted by molar-refractivity contribution is 5.94. The molecule has 2 heterocycles. The van der Waals surface area contributed by atoms with E-state index in [-0.39, 0.29) is 18.0 Å². The molecule has 0 spiro atoms. The van der Waals surface area contributed by atoms with Crippen molar-refractivity contribution in [3.63, 3.8) is 0 Å². The van der Waals surface area contributed by atoms with E-state index >= 15 is 0 Å². The van der Waals surface area contributed by atoms with E-state index in [1.807, 2.05) is 30.3 Å². The van der Waals surface area contributed by atoms with Crippen LogP contribution in [0.2, 0.25) is 0 Å². The van der Waals surface area contributed by atoms with Crippen molar-refractivity contribution in [2.45, 2.75) is 51.2 Å². The van der Waals surface area contributed by atoms with Crippen LogP contribution in [0, 0.1) is 0 Å². The summed E-state index contributed by atoms with van der Waals surface area (Å²) in [6.45, 7) is 1.43. The van der Waals surface area contributed by atoms with Gasteiger partial charge in [0.2, 0.25) is 0 Å². The van der Waals surface area contributed by atoms with E-state index < -0.39 is 0 Å². The lowest BCUT2D eigenvalue weighted by atomic mass is 9.95. The standard InChI is InChI=1S/C21H26N4O3/c1-28-21(27)24-12-13-25-17(14-24)18(20(26)22-16-10-6-3-7-11-16)23-19(25)15-8-4-2-5-9-15/h2,4-5,8-9,16H,3,6-7,10-14H2,1H3,(H,22,26). The number of amides is 2. The molecule has 28 heavy (non-hydrogen) atoms. The highest BCUT2D eigenvalue weighted by Gasteiger charge is 2.31. The van der Waals surface area contributed by atoms with E-state index in [4.69, 9.17) is 9.72 Å². The van der Waals surface area contributed by atoms with Crippen LogP contribution < -0.4 is 5.32 Å². The number of carbonyl (C=O) groups is 2. The number of carbonyl (C=O) groups excluding carboxylic acids is 2. The predicted molar refractivity (Wildman–Crippen MR) is 105 cm³/mol. The first kappa shape index (κ1) is 18.5. The fraction of sp³-hybridized carbons (Fsp3) is 0.476. The van der Waals surface area contributed by atoms with Crippen LogP contribution in [-0.4, -0.2) is 46.1 Å². The number of ether oxygens (including phenoxy) is 1. The number of hydrogen-bond donors (Lipinski definition) is 1. The molecule has 7 nitrogen and oxygen atoms in total. The van der Waals surface area contributed by atoms with Gasteiger partial charge in [-0.25, -0.2) is 9.78 Å². The first-order chi connectivity index (χ1) is 13.7. The molecule has 148 valence electrons. The zero-order chi connectivity index (χ0) is 19.5. The van der Waals surface area contributed by atoms with Crippen LogP contribution in [-0.2, 0) is 17.8 Å². The van der Waals surface area contributed by atoms with Crippen molar-refractivity contribution in [2.75, 3.05) is 13.7 Å². The van der Waals surface area contributed by atoms with Crippen LogP contribution in [0.25, 0.3) is 11.4 Å². The largest absolute Gasteiger partial charge is 0.453 e. The summed E-state index contributed by atoms with van der Waals surface area (Å²) < 4.78 is 6.93. The maximum Gasteiger partial charge on any atom is 0.409 e. The fourth-order valence-electron chi connectivity index (χ4n) is 4.14. The smallest absolute Gasteiger partial charge is 0.409 e. The van der Waals surface area contributed by atoms with Crippen molar-refractivity contribution in [1.82, 2.24) is 19.8 Å². The molecule has 2 amide bonds. The van der Waals surface area contributed by atoms with E-state index in [1.165, 1.54) is 13.5 Å². The third kappa shape index (κ3) is 3.61. The first-order valence-electron chi connectivity index (χ1n) is 9.96. The zero-order valence-electron chi connectivity index (χ0n) is 16.2. The van der Waals surface area contributed by atoms with Gasteiger partial charge in [-0.3, -0.25) is 4.79 Å². The molecule has 0 atom stereocenters. The number of imidazole rings is 1. The molecule has 0 unspecified atom stereocenters. The predicted octanol–water partition coefficient (Wildman–Crippen LogP) is 3.19. The molecule has 0 radical (unpaired) electrons. The van der Waals surface area contributed by atoms with Crippen LogP contribution in [0.3, 0.4) is 0 Å². The molecule has 1 aromatic heterocycles. The van der Waals surface area contributed by atoms with Crippen LogP contribution in [0.4, 0.5) is 4.79 Å². The highest BCUT2D eigenvalue weighted by atomic mass is 16.5. The lowest BCUT2D eigenvalue weighted by Gasteiger charge is -2.28. The second-order valence-corrected chi connectivity index (χ2v) is 7.45. The molecule has 1 aliphatic heterocycles. The number of fused-ring (bicyclic) bond motifs is 1. The van der Waals surface area contributed by atoms with E-state index in [2.05, 4.69) is 9.88 Å². The molecule has 1 aromatic carbocycles. The Morgan fingerprint density at radius 3 is 2.57 bits per heavy atom. The van der Waals surface area contributed by atoms with Gasteiger partial charge < -0.3 is 19.5 Å². The number of nitrogens with one attached hydrogen (secondary N) is 1. The van der Waals surface area contributed by atoms with Gasteiger partial charge in [0.25, 0.3) is 5.91 Å². The third-order valence-corrected chi connectivity index (χ3v) is 5.63. The van der Waals surface area contributed by atoms with Gasteiger partial charge in [-0.2, -0.15) is 0 Å². The molecular formula is C21H26N4O3. The van der Waals surface area contributed by atoms with Crippen LogP contribution >= 0.6 is 0 Å². The summed E-state index contributed by atoms with van der Waals surface area (Å²) >= 11 is 0. The lowest BCUT2D eigenvalue weighted by molar-refractivity contribution is 0.0913. The maximum absolute atomic E-state index is 13.1. The number of methoxy groups -OCH3 is 1. The summed E-state index contributed by atoms with van der Waals surface area (Å²) in [7, 11) is 1.38. The Labute approximate surface area is 164 Å². The molecule has 1 saturated carbocycles. The van der Waals surface area contributed by atoms with Crippen LogP contribution in [0.5, 0.6) is 0 Å². The summed E-state index contributed by atoms with van der Waals surface area (Å²) in [6.07, 6.45) is 5.18. The van der Waals surface area contributed by atoms with Crippen LogP contribution in [0.1, 0.15) is 48.3 Å². The molecule has 2 aromatic rings. The Bertz CT molecular complexity index is 856. The minimum atomic E-state index is -0.382. The number of rotatable bonds is 3. The van der Waals surface area contributed by atoms with Gasteiger partial charge in [-0.15, -0.1) is 0 Å². The van der Waals surface area contributed by atoms with Gasteiger partial charge in [0.1, 0.15) is 5.82 Å². The number of aromatic nitrogens is 2. The highest BCUT2D eigenvalue weighted by Crippen LogP contribution is 2.27. The molecular weight excluding hydrogens is 356 g/mol. The number of nitrogens with zero attached hydrogens (tertiary/aromatic N) is 3. The van der Waals surface area contributed by atoms with E-state index in [0.29, 0.717) is 25.3 Å². The van der Waals surface area contributed by atoms with Crippen molar-refractivity contribution in [3.8, 4) is 11.4 Å². The number of benzene rings is 1. The van der Waals surface area contributed by atoms with Gasteiger partial charge in [-0.05, 0) is 12.8 Å². The Kier molecular flexibility index (Phi) is 5.32. The summed E-state index contributed by atoms with van der Waals surface area (Å²) in [6, 6.07) is 10.1. The Hall–Kier alpha value is -2.83. The molecule has 1 aliphatic carbocycles. The van der Waals surface area contributed by atoms with Crippen molar-refractivity contribution in [3.05, 3.63) is 41.7 Å². The first-order valence-corrected chi connectivity index (χ1v) is 9.96. The van der Waals surface area contributed by atoms with E-state index in [9.17, 15) is 9.59 Å². The van der Waals surface area contributed by atoms with Gasteiger partial charge >= 0.3 is 6.09 Å². The fourth-order valence-corrected chi connectivity index (χ4v) is 4.14. The average molecular weight is 382 g/mol. The second-order valence-electron chi connectivity index (χ2n) is 7.45. The minimum absolute atomic E-state index is 0.149. The van der Waals surface area contributed by atoms with Crippen molar-refractivity contribution in [2.24, 2.45) is 0 Å². The minimum Gasteiger partial charge on any atom is -0.453 e. The van der Waals surface area contributed by atoms with Crippen LogP contribution in [0.15, 0.2) is 30.3 Å². The molecule has 2 aliphatic rings. The molecule has 4 rings (SSSR count). The Morgan fingerprint density at radius 1 is 1.11 bits per heavy atom. The normalized spacial score (nSPS) is 17.1. The van der Waals surface area contributed by atoms with Gasteiger partial charge in [0, 0.05) is 24.7 Å². The third-order valence-electron chi connectivity index (χ3n) is 5.63.